The molecule has 0 unspecified atom stereocenters. The third-order valence-corrected chi connectivity index (χ3v) is 3.99. The summed E-state index contributed by atoms with van der Waals surface area (Å²) in [6.07, 6.45) is 0.527. The van der Waals surface area contributed by atoms with Crippen LogP contribution in [0.25, 0.3) is 0 Å². The number of hydrogen-bond acceptors (Lipinski definition) is 4. The second kappa shape index (κ2) is 6.07. The van der Waals surface area contributed by atoms with Crippen LogP contribution in [0.5, 0.6) is 0 Å². The Morgan fingerprint density at radius 1 is 1.29 bits per heavy atom. The van der Waals surface area contributed by atoms with Gasteiger partial charge < -0.3 is 4.57 Å². The first-order valence-corrected chi connectivity index (χ1v) is 8.45. The van der Waals surface area contributed by atoms with Crippen LogP contribution in [0.15, 0.2) is 23.4 Å². The lowest BCUT2D eigenvalue weighted by atomic mass is 10.1. The van der Waals surface area contributed by atoms with Crippen molar-refractivity contribution in [2.24, 2.45) is 0 Å². The molecule has 0 N–H and O–H groups in total. The van der Waals surface area contributed by atoms with Crippen molar-refractivity contribution >= 4 is 19.7 Å². The van der Waals surface area contributed by atoms with E-state index in [0.29, 0.717) is 13.0 Å². The highest BCUT2D eigenvalue weighted by Crippen LogP contribution is 2.19. The summed E-state index contributed by atoms with van der Waals surface area (Å²) in [5.74, 6) is -1.75. The number of rotatable bonds is 5. The van der Waals surface area contributed by atoms with E-state index in [1.165, 1.54) is 16.7 Å². The van der Waals surface area contributed by atoms with Gasteiger partial charge in [0.15, 0.2) is 11.6 Å². The molecule has 0 fully saturated rings. The Kier molecular flexibility index (Phi) is 4.58. The quantitative estimate of drug-likeness (QED) is 0.787. The van der Waals surface area contributed by atoms with Gasteiger partial charge in [-0.05, 0) is 18.1 Å². The van der Waals surface area contributed by atoms with E-state index in [9.17, 15) is 17.2 Å². The summed E-state index contributed by atoms with van der Waals surface area (Å²) < 4.78 is 51.0. The van der Waals surface area contributed by atoms with Crippen molar-refractivity contribution in [2.75, 3.05) is 0 Å². The Hall–Kier alpha value is -1.54. The smallest absolute Gasteiger partial charge is 0.296 e. The zero-order valence-corrected chi connectivity index (χ0v) is 12.6. The van der Waals surface area contributed by atoms with Crippen molar-refractivity contribution in [1.29, 1.82) is 0 Å². The average Bonchev–Trinajstić information content (AvgIpc) is 2.79. The second-order valence-electron chi connectivity index (χ2n) is 4.38. The van der Waals surface area contributed by atoms with Crippen LogP contribution in [0.1, 0.15) is 24.7 Å². The minimum Gasteiger partial charge on any atom is -0.301 e. The minimum atomic E-state index is -4.05. The largest absolute Gasteiger partial charge is 0.301 e. The van der Waals surface area contributed by atoms with E-state index >= 15 is 0 Å². The van der Waals surface area contributed by atoms with Gasteiger partial charge in [-0.3, -0.25) is 0 Å². The van der Waals surface area contributed by atoms with Crippen LogP contribution in [0.2, 0.25) is 0 Å². The van der Waals surface area contributed by atoms with Gasteiger partial charge in [-0.2, -0.15) is 0 Å². The molecule has 0 aliphatic carbocycles. The van der Waals surface area contributed by atoms with Gasteiger partial charge in [0.1, 0.15) is 5.82 Å². The molecule has 1 heterocycles. The Morgan fingerprint density at radius 2 is 2.00 bits per heavy atom. The van der Waals surface area contributed by atoms with Gasteiger partial charge in [-0.15, -0.1) is 10.2 Å². The molecular weight excluding hydrogens is 324 g/mol. The van der Waals surface area contributed by atoms with Crippen LogP contribution >= 0.6 is 10.7 Å². The number of benzene rings is 1. The highest BCUT2D eigenvalue weighted by atomic mass is 35.7. The van der Waals surface area contributed by atoms with Crippen molar-refractivity contribution in [3.63, 3.8) is 0 Å². The third-order valence-electron chi connectivity index (χ3n) is 2.84. The lowest BCUT2D eigenvalue weighted by Gasteiger charge is -2.08. The van der Waals surface area contributed by atoms with Crippen molar-refractivity contribution in [2.45, 2.75) is 31.5 Å². The van der Waals surface area contributed by atoms with Crippen molar-refractivity contribution in [3.8, 4) is 0 Å². The third kappa shape index (κ3) is 3.38. The molecule has 0 atom stereocenters. The molecule has 5 nitrogen and oxygen atoms in total. The maximum absolute atomic E-state index is 13.7. The molecule has 114 valence electrons. The number of aromatic nitrogens is 3. The summed E-state index contributed by atoms with van der Waals surface area (Å²) in [6, 6.07) is 3.77. The van der Waals surface area contributed by atoms with Gasteiger partial charge in [0, 0.05) is 23.6 Å². The fourth-order valence-corrected chi connectivity index (χ4v) is 2.87. The maximum Gasteiger partial charge on any atom is 0.296 e. The van der Waals surface area contributed by atoms with Crippen molar-refractivity contribution in [3.05, 3.63) is 41.2 Å². The van der Waals surface area contributed by atoms with Crippen LogP contribution in [0.3, 0.4) is 0 Å². The summed E-state index contributed by atoms with van der Waals surface area (Å²) >= 11 is 0. The van der Waals surface area contributed by atoms with Crippen LogP contribution < -0.4 is 0 Å². The van der Waals surface area contributed by atoms with Crippen molar-refractivity contribution < 1.29 is 17.2 Å². The first-order valence-electron chi connectivity index (χ1n) is 6.14. The maximum atomic E-state index is 13.7. The molecule has 0 aliphatic heterocycles. The number of nitrogens with zero attached hydrogens (tertiary/aromatic N) is 3. The van der Waals surface area contributed by atoms with Crippen molar-refractivity contribution in [1.82, 2.24) is 14.8 Å². The van der Waals surface area contributed by atoms with E-state index in [4.69, 9.17) is 10.7 Å². The molecule has 0 amide bonds. The molecule has 21 heavy (non-hydrogen) atoms. The van der Waals surface area contributed by atoms with Crippen LogP contribution in [0, 0.1) is 11.6 Å². The highest BCUT2D eigenvalue weighted by molar-refractivity contribution is 8.13. The molecule has 2 aromatic rings. The normalized spacial score (nSPS) is 11.8. The van der Waals surface area contributed by atoms with Gasteiger partial charge in [-0.1, -0.05) is 19.1 Å². The topological polar surface area (TPSA) is 64.8 Å². The molecule has 1 aromatic carbocycles. The number of halogens is 3. The van der Waals surface area contributed by atoms with E-state index < -0.39 is 25.8 Å². The Balaban J connectivity index is 2.45. The van der Waals surface area contributed by atoms with Gasteiger partial charge in [-0.25, -0.2) is 17.2 Å². The molecule has 0 radical (unpaired) electrons. The summed E-state index contributed by atoms with van der Waals surface area (Å²) in [6.45, 7) is 2.14. The monoisotopic (exact) mass is 335 g/mol. The predicted molar refractivity (Wildman–Crippen MR) is 72.5 cm³/mol. The van der Waals surface area contributed by atoms with E-state index in [2.05, 4.69) is 10.2 Å². The molecule has 2 rings (SSSR count). The molecule has 0 aliphatic rings. The first kappa shape index (κ1) is 15.8. The molecule has 0 saturated carbocycles. The molecule has 0 bridgehead atoms. The zero-order valence-electron chi connectivity index (χ0n) is 11.1. The Morgan fingerprint density at radius 3 is 2.62 bits per heavy atom. The fraction of sp³-hybridized carbons (Fsp3) is 0.333. The van der Waals surface area contributed by atoms with E-state index in [1.807, 2.05) is 6.92 Å². The molecule has 1 aromatic heterocycles. The van der Waals surface area contributed by atoms with Gasteiger partial charge in [0.2, 0.25) is 0 Å². The van der Waals surface area contributed by atoms with E-state index in [0.717, 1.165) is 6.07 Å². The minimum absolute atomic E-state index is 0.0678. The van der Waals surface area contributed by atoms with E-state index in [-0.39, 0.29) is 17.8 Å². The lowest BCUT2D eigenvalue weighted by Crippen LogP contribution is -2.10. The molecule has 0 spiro atoms. The highest BCUT2D eigenvalue weighted by Gasteiger charge is 2.23. The van der Waals surface area contributed by atoms with Gasteiger partial charge >= 0.3 is 0 Å². The van der Waals surface area contributed by atoms with Crippen LogP contribution in [-0.4, -0.2) is 23.2 Å². The summed E-state index contributed by atoms with van der Waals surface area (Å²) in [5.41, 5.74) is 0.0678. The molecule has 0 saturated heterocycles. The molecule has 9 heteroatoms. The van der Waals surface area contributed by atoms with Crippen LogP contribution in [-0.2, 0) is 22.0 Å². The van der Waals surface area contributed by atoms with Gasteiger partial charge in [0.25, 0.3) is 14.2 Å². The number of hydrogen-bond donors (Lipinski definition) is 0. The SMILES string of the molecule is CCCn1c(Cc2cccc(F)c2F)nnc1S(=O)(=O)Cl. The van der Waals surface area contributed by atoms with E-state index in [1.54, 1.807) is 0 Å². The average molecular weight is 336 g/mol. The lowest BCUT2D eigenvalue weighted by molar-refractivity contribution is 0.498. The summed E-state index contributed by atoms with van der Waals surface area (Å²) in [7, 11) is 1.24. The summed E-state index contributed by atoms with van der Waals surface area (Å²) in [5, 5.41) is 6.87. The zero-order chi connectivity index (χ0) is 15.6. The summed E-state index contributed by atoms with van der Waals surface area (Å²) in [4.78, 5) is 0. The standard InChI is InChI=1S/C12H12ClF2N3O2S/c1-2-6-18-10(16-17-12(18)21(13,19)20)7-8-4-3-5-9(14)11(8)15/h3-5H,2,6-7H2,1H3. The van der Waals surface area contributed by atoms with Crippen LogP contribution in [0.4, 0.5) is 8.78 Å². The Bertz CT molecular complexity index is 762. The molecular formula is C12H12ClF2N3O2S. The Labute approximate surface area is 125 Å². The fourth-order valence-electron chi connectivity index (χ4n) is 1.93. The predicted octanol–water partition coefficient (Wildman–Crippen LogP) is 2.48. The van der Waals surface area contributed by atoms with Gasteiger partial charge in [0.05, 0.1) is 0 Å². The first-order chi connectivity index (χ1) is 9.84. The second-order valence-corrected chi connectivity index (χ2v) is 6.84.